The summed E-state index contributed by atoms with van der Waals surface area (Å²) in [6, 6.07) is 5.46. The van der Waals surface area contributed by atoms with Crippen LogP contribution in [0, 0.1) is 17.0 Å². The van der Waals surface area contributed by atoms with Gasteiger partial charge in [-0.05, 0) is 30.7 Å². The molecular weight excluding hydrogens is 365 g/mol. The molecule has 0 radical (unpaired) electrons. The van der Waals surface area contributed by atoms with E-state index >= 15 is 0 Å². The van der Waals surface area contributed by atoms with Crippen LogP contribution in [0.1, 0.15) is 5.56 Å². The van der Waals surface area contributed by atoms with Gasteiger partial charge in [0.05, 0.1) is 9.82 Å². The van der Waals surface area contributed by atoms with Crippen molar-refractivity contribution >= 4 is 27.2 Å². The van der Waals surface area contributed by atoms with Gasteiger partial charge in [-0.2, -0.15) is 0 Å². The molecule has 0 aliphatic carbocycles. The zero-order chi connectivity index (χ0) is 18.1. The summed E-state index contributed by atoms with van der Waals surface area (Å²) in [5.41, 5.74) is -0.880. The normalized spacial score (nSPS) is 11.3. The summed E-state index contributed by atoms with van der Waals surface area (Å²) in [4.78, 5) is 8.86. The van der Waals surface area contributed by atoms with Crippen LogP contribution >= 0.6 is 0 Å². The average Bonchev–Trinajstić information content (AvgIpc) is 2.47. The van der Waals surface area contributed by atoms with Crippen molar-refractivity contribution in [2.75, 3.05) is 0 Å². The van der Waals surface area contributed by atoms with E-state index < -0.39 is 37.1 Å². The molecule has 2 aromatic carbocycles. The summed E-state index contributed by atoms with van der Waals surface area (Å²) in [5.74, 6) is -1.20. The van der Waals surface area contributed by atoms with Crippen LogP contribution in [0.3, 0.4) is 0 Å². The summed E-state index contributed by atoms with van der Waals surface area (Å²) >= 11 is 0. The SMILES string of the molecule is Cc1ccc(O)c(N=Nc2cc(S(=O)(=O)[O-])cc([N+](=O)[O-])c2O)c1.[Na+]. The van der Waals surface area contributed by atoms with Gasteiger partial charge in [-0.15, -0.1) is 10.2 Å². The van der Waals surface area contributed by atoms with Crippen LogP contribution < -0.4 is 29.6 Å². The molecule has 25 heavy (non-hydrogen) atoms. The molecule has 0 atom stereocenters. The molecule has 0 fully saturated rings. The molecule has 0 amide bonds. The number of phenols is 2. The number of aryl methyl sites for hydroxylation is 1. The number of azo groups is 1. The van der Waals surface area contributed by atoms with Gasteiger partial charge in [0, 0.05) is 6.07 Å². The van der Waals surface area contributed by atoms with Crippen molar-refractivity contribution in [3.8, 4) is 11.5 Å². The molecule has 0 saturated carbocycles. The van der Waals surface area contributed by atoms with Crippen LogP contribution in [-0.4, -0.2) is 28.1 Å². The van der Waals surface area contributed by atoms with Crippen molar-refractivity contribution in [3.05, 3.63) is 46.0 Å². The molecule has 0 spiro atoms. The van der Waals surface area contributed by atoms with Crippen molar-refractivity contribution in [2.45, 2.75) is 11.8 Å². The summed E-state index contributed by atoms with van der Waals surface area (Å²) in [7, 11) is -5.01. The molecule has 0 heterocycles. The van der Waals surface area contributed by atoms with E-state index in [1.807, 2.05) is 0 Å². The second-order valence-corrected chi connectivity index (χ2v) is 6.09. The Morgan fingerprint density at radius 2 is 1.68 bits per heavy atom. The first-order valence-electron chi connectivity index (χ1n) is 6.28. The van der Waals surface area contributed by atoms with Gasteiger partial charge in [0.25, 0.3) is 0 Å². The number of nitrogens with zero attached hydrogens (tertiary/aromatic N) is 3. The molecule has 0 unspecified atom stereocenters. The summed E-state index contributed by atoms with van der Waals surface area (Å²) in [6.45, 7) is 1.71. The van der Waals surface area contributed by atoms with Crippen molar-refractivity contribution in [2.24, 2.45) is 10.2 Å². The Morgan fingerprint density at radius 3 is 2.24 bits per heavy atom. The van der Waals surface area contributed by atoms with E-state index in [1.54, 1.807) is 13.0 Å². The van der Waals surface area contributed by atoms with Crippen molar-refractivity contribution in [3.63, 3.8) is 0 Å². The minimum atomic E-state index is -5.01. The third kappa shape index (κ3) is 4.96. The number of hydrogen-bond donors (Lipinski definition) is 2. The zero-order valence-electron chi connectivity index (χ0n) is 13.1. The van der Waals surface area contributed by atoms with E-state index in [-0.39, 0.29) is 41.0 Å². The number of nitro benzene ring substituents is 1. The van der Waals surface area contributed by atoms with Crippen LogP contribution in [0.5, 0.6) is 11.5 Å². The Kier molecular flexibility index (Phi) is 6.62. The number of phenolic OH excluding ortho intramolecular Hbond substituents is 2. The smallest absolute Gasteiger partial charge is 0.744 e. The van der Waals surface area contributed by atoms with Gasteiger partial charge in [-0.3, -0.25) is 10.1 Å². The van der Waals surface area contributed by atoms with E-state index in [9.17, 15) is 33.3 Å². The van der Waals surface area contributed by atoms with E-state index in [2.05, 4.69) is 10.2 Å². The average molecular weight is 375 g/mol. The van der Waals surface area contributed by atoms with E-state index in [0.29, 0.717) is 12.1 Å². The standard InChI is InChI=1S/C13H11N3O7S.Na/c1-7-2-3-12(17)9(4-7)14-15-10-5-8(24(21,22)23)6-11(13(10)18)16(19)20;/h2-6,17-18H,1H3,(H,21,22,23);/q;+1/p-1. The molecule has 12 heteroatoms. The fraction of sp³-hybridized carbons (Fsp3) is 0.0769. The summed E-state index contributed by atoms with van der Waals surface area (Å²) in [5, 5.41) is 37.4. The van der Waals surface area contributed by atoms with E-state index in [0.717, 1.165) is 5.56 Å². The molecule has 0 saturated heterocycles. The van der Waals surface area contributed by atoms with Crippen molar-refractivity contribution in [1.29, 1.82) is 0 Å². The van der Waals surface area contributed by atoms with Crippen LogP contribution in [-0.2, 0) is 10.1 Å². The van der Waals surface area contributed by atoms with E-state index in [1.165, 1.54) is 12.1 Å². The van der Waals surface area contributed by atoms with Crippen LogP contribution in [0.4, 0.5) is 17.1 Å². The van der Waals surface area contributed by atoms with Gasteiger partial charge in [0.1, 0.15) is 27.2 Å². The van der Waals surface area contributed by atoms with Gasteiger partial charge < -0.3 is 14.8 Å². The molecule has 0 aliphatic heterocycles. The number of aromatic hydroxyl groups is 2. The molecule has 0 aliphatic rings. The monoisotopic (exact) mass is 375 g/mol. The number of rotatable bonds is 4. The predicted molar refractivity (Wildman–Crippen MR) is 79.7 cm³/mol. The minimum Gasteiger partial charge on any atom is -0.744 e. The summed E-state index contributed by atoms with van der Waals surface area (Å²) in [6.07, 6.45) is 0. The van der Waals surface area contributed by atoms with Crippen LogP contribution in [0.15, 0.2) is 45.5 Å². The molecule has 2 aromatic rings. The number of benzene rings is 2. The molecule has 0 bridgehead atoms. The van der Waals surface area contributed by atoms with Gasteiger partial charge in [0.15, 0.2) is 0 Å². The number of nitro groups is 1. The third-order valence-electron chi connectivity index (χ3n) is 2.92. The molecule has 0 aromatic heterocycles. The Morgan fingerprint density at radius 1 is 1.08 bits per heavy atom. The van der Waals surface area contributed by atoms with E-state index in [4.69, 9.17) is 0 Å². The minimum absolute atomic E-state index is 0. The Labute approximate surface area is 164 Å². The second kappa shape index (κ2) is 7.89. The maximum atomic E-state index is 11.1. The number of hydrogen-bond acceptors (Lipinski definition) is 9. The molecular formula is C13H10N3NaO7S. The van der Waals surface area contributed by atoms with Crippen molar-refractivity contribution < 1.29 is 57.7 Å². The van der Waals surface area contributed by atoms with Crippen LogP contribution in [0.25, 0.3) is 0 Å². The Balaban J connectivity index is 0.00000312. The molecule has 126 valence electrons. The third-order valence-corrected chi connectivity index (χ3v) is 3.74. The van der Waals surface area contributed by atoms with Crippen LogP contribution in [0.2, 0.25) is 0 Å². The van der Waals surface area contributed by atoms with Gasteiger partial charge >= 0.3 is 35.2 Å². The summed E-state index contributed by atoms with van der Waals surface area (Å²) < 4.78 is 33.2. The fourth-order valence-electron chi connectivity index (χ4n) is 1.76. The first-order valence-corrected chi connectivity index (χ1v) is 7.69. The largest absolute Gasteiger partial charge is 1.00 e. The second-order valence-electron chi connectivity index (χ2n) is 4.71. The zero-order valence-corrected chi connectivity index (χ0v) is 15.9. The molecule has 2 N–H and O–H groups in total. The Hall–Kier alpha value is -2.05. The molecule has 10 nitrogen and oxygen atoms in total. The topological polar surface area (TPSA) is 166 Å². The Bertz CT molecular complexity index is 960. The maximum absolute atomic E-state index is 11.1. The fourth-order valence-corrected chi connectivity index (χ4v) is 2.27. The predicted octanol–water partition coefficient (Wildman–Crippen LogP) is -0.362. The first kappa shape index (κ1) is 21.0. The maximum Gasteiger partial charge on any atom is 1.00 e. The molecule has 2 rings (SSSR count). The van der Waals surface area contributed by atoms with Crippen molar-refractivity contribution in [1.82, 2.24) is 0 Å². The quantitative estimate of drug-likeness (QED) is 0.242. The van der Waals surface area contributed by atoms with Gasteiger partial charge in [0.2, 0.25) is 5.75 Å². The van der Waals surface area contributed by atoms with Gasteiger partial charge in [-0.25, -0.2) is 8.42 Å². The first-order chi connectivity index (χ1) is 11.1. The van der Waals surface area contributed by atoms with Gasteiger partial charge in [-0.1, -0.05) is 6.07 Å².